The molecule has 1 amide bonds. The maximum atomic E-state index is 12.8. The van der Waals surface area contributed by atoms with Gasteiger partial charge in [-0.2, -0.15) is 0 Å². The Morgan fingerprint density at radius 1 is 0.905 bits per heavy atom. The van der Waals surface area contributed by atoms with E-state index in [0.717, 1.165) is 42.6 Å². The van der Waals surface area contributed by atoms with E-state index >= 15 is 0 Å². The summed E-state index contributed by atoms with van der Waals surface area (Å²) in [5.41, 5.74) is 6.95. The second-order valence-corrected chi connectivity index (χ2v) is 13.1. The standard InChI is InChI=1S/C36H54N2O4/c1-6-7-8-9-10-11-12-13-14-17-21-38-22-20-28-26(2)30(23-33(40)41)27(3)31(34(28)38)24-36(4,5)25-37-35(42)29-18-15-16-19-32(29)39/h15-16,18-19,39H,6-14,17,20-25H2,1-5H3,(H,37,42)(H,40,41). The smallest absolute Gasteiger partial charge is 0.307 e. The molecule has 3 rings (SSSR count). The highest BCUT2D eigenvalue weighted by molar-refractivity contribution is 5.96. The van der Waals surface area contributed by atoms with Crippen LogP contribution < -0.4 is 10.2 Å². The Balaban J connectivity index is 1.71. The first-order valence-electron chi connectivity index (χ1n) is 16.2. The molecule has 3 N–H and O–H groups in total. The molecule has 6 heteroatoms. The van der Waals surface area contributed by atoms with E-state index in [1.807, 2.05) is 0 Å². The molecule has 0 spiro atoms. The first kappa shape index (κ1) is 33.5. The van der Waals surface area contributed by atoms with Crippen LogP contribution in [0.1, 0.15) is 123 Å². The highest BCUT2D eigenvalue weighted by atomic mass is 16.4. The van der Waals surface area contributed by atoms with Crippen LogP contribution >= 0.6 is 0 Å². The number of unbranched alkanes of at least 4 members (excludes halogenated alkanes) is 9. The zero-order valence-electron chi connectivity index (χ0n) is 26.8. The summed E-state index contributed by atoms with van der Waals surface area (Å²) in [5, 5.41) is 22.8. The lowest BCUT2D eigenvalue weighted by molar-refractivity contribution is -0.136. The number of carboxylic acid groups (broad SMARTS) is 1. The Morgan fingerprint density at radius 2 is 1.52 bits per heavy atom. The number of anilines is 1. The van der Waals surface area contributed by atoms with Crippen LogP contribution in [0, 0.1) is 19.3 Å². The van der Waals surface area contributed by atoms with Crippen molar-refractivity contribution in [2.24, 2.45) is 5.41 Å². The maximum Gasteiger partial charge on any atom is 0.307 e. The van der Waals surface area contributed by atoms with Crippen LogP contribution in [0.2, 0.25) is 0 Å². The molecule has 232 valence electrons. The minimum absolute atomic E-state index is 0.0269. The zero-order chi connectivity index (χ0) is 30.7. The largest absolute Gasteiger partial charge is 0.507 e. The van der Waals surface area contributed by atoms with E-state index in [2.05, 4.69) is 44.8 Å². The first-order valence-corrected chi connectivity index (χ1v) is 16.2. The summed E-state index contributed by atoms with van der Waals surface area (Å²) in [7, 11) is 0. The van der Waals surface area contributed by atoms with E-state index in [9.17, 15) is 19.8 Å². The van der Waals surface area contributed by atoms with Crippen LogP contribution in [0.5, 0.6) is 5.75 Å². The van der Waals surface area contributed by atoms with Crippen molar-refractivity contribution in [1.29, 1.82) is 0 Å². The molecule has 0 atom stereocenters. The van der Waals surface area contributed by atoms with Crippen LogP contribution in [0.4, 0.5) is 5.69 Å². The number of nitrogens with one attached hydrogen (secondary N) is 1. The van der Waals surface area contributed by atoms with Gasteiger partial charge in [0, 0.05) is 25.3 Å². The summed E-state index contributed by atoms with van der Waals surface area (Å²) in [5.74, 6) is -1.12. The lowest BCUT2D eigenvalue weighted by Crippen LogP contribution is -2.36. The van der Waals surface area contributed by atoms with E-state index in [1.54, 1.807) is 18.2 Å². The van der Waals surface area contributed by atoms with Gasteiger partial charge in [-0.15, -0.1) is 0 Å². The Morgan fingerprint density at radius 3 is 2.14 bits per heavy atom. The molecule has 0 bridgehead atoms. The second-order valence-electron chi connectivity index (χ2n) is 13.1. The molecule has 1 aliphatic rings. The third-order valence-electron chi connectivity index (χ3n) is 8.97. The normalized spacial score (nSPS) is 12.9. The second kappa shape index (κ2) is 16.0. The Kier molecular flexibility index (Phi) is 12.8. The lowest BCUT2D eigenvalue weighted by Gasteiger charge is -2.31. The molecule has 2 aromatic carbocycles. The number of amides is 1. The Bertz CT molecular complexity index is 1200. The third-order valence-corrected chi connectivity index (χ3v) is 8.97. The fourth-order valence-electron chi connectivity index (χ4n) is 6.50. The molecule has 0 fully saturated rings. The van der Waals surface area contributed by atoms with Gasteiger partial charge in [-0.3, -0.25) is 9.59 Å². The van der Waals surface area contributed by atoms with Crippen molar-refractivity contribution >= 4 is 17.6 Å². The van der Waals surface area contributed by atoms with Crippen molar-refractivity contribution in [3.05, 3.63) is 57.6 Å². The highest BCUT2D eigenvalue weighted by Crippen LogP contribution is 2.42. The average Bonchev–Trinajstić information content (AvgIpc) is 3.37. The highest BCUT2D eigenvalue weighted by Gasteiger charge is 2.31. The van der Waals surface area contributed by atoms with Crippen molar-refractivity contribution in [3.63, 3.8) is 0 Å². The van der Waals surface area contributed by atoms with E-state index in [-0.39, 0.29) is 29.1 Å². The number of phenols is 1. The Hall–Kier alpha value is -3.02. The van der Waals surface area contributed by atoms with Crippen LogP contribution in [-0.2, 0) is 24.1 Å². The van der Waals surface area contributed by atoms with Crippen molar-refractivity contribution in [3.8, 4) is 5.75 Å². The molecule has 0 saturated heterocycles. The number of rotatable bonds is 18. The van der Waals surface area contributed by atoms with Crippen LogP contribution in [0.15, 0.2) is 24.3 Å². The zero-order valence-corrected chi connectivity index (χ0v) is 26.8. The number of hydrogen-bond acceptors (Lipinski definition) is 4. The van der Waals surface area contributed by atoms with Gasteiger partial charge in [0.25, 0.3) is 5.91 Å². The Labute approximate surface area is 253 Å². The van der Waals surface area contributed by atoms with Crippen LogP contribution in [-0.4, -0.2) is 41.7 Å². The van der Waals surface area contributed by atoms with E-state index < -0.39 is 5.97 Å². The fraction of sp³-hybridized carbons (Fsp3) is 0.611. The summed E-state index contributed by atoms with van der Waals surface area (Å²) in [6.07, 6.45) is 14.9. The number of phenolic OH excluding ortho intramolecular Hbond substituents is 1. The number of carboxylic acids is 1. The van der Waals surface area contributed by atoms with E-state index in [1.165, 1.54) is 87.1 Å². The molecule has 1 aliphatic heterocycles. The minimum Gasteiger partial charge on any atom is -0.507 e. The number of para-hydroxylation sites is 1. The van der Waals surface area contributed by atoms with Gasteiger partial charge >= 0.3 is 5.97 Å². The van der Waals surface area contributed by atoms with Crippen LogP contribution in [0.3, 0.4) is 0 Å². The molecule has 0 unspecified atom stereocenters. The number of aromatic hydroxyl groups is 1. The number of benzene rings is 2. The molecule has 2 aromatic rings. The van der Waals surface area contributed by atoms with Gasteiger partial charge in [-0.25, -0.2) is 0 Å². The SMILES string of the molecule is CCCCCCCCCCCCN1CCc2c(C)c(CC(=O)O)c(C)c(CC(C)(C)CNC(=O)c3ccccc3O)c21. The molecule has 0 saturated carbocycles. The molecule has 0 radical (unpaired) electrons. The van der Waals surface area contributed by atoms with Gasteiger partial charge in [0.2, 0.25) is 0 Å². The molecule has 0 aliphatic carbocycles. The summed E-state index contributed by atoms with van der Waals surface area (Å²) >= 11 is 0. The summed E-state index contributed by atoms with van der Waals surface area (Å²) in [6.45, 7) is 13.2. The molecular weight excluding hydrogens is 524 g/mol. The number of fused-ring (bicyclic) bond motifs is 1. The van der Waals surface area contributed by atoms with Gasteiger partial charge < -0.3 is 20.4 Å². The van der Waals surface area contributed by atoms with Gasteiger partial charge in [0.1, 0.15) is 5.75 Å². The number of hydrogen-bond donors (Lipinski definition) is 3. The molecule has 1 heterocycles. The van der Waals surface area contributed by atoms with E-state index in [4.69, 9.17) is 0 Å². The number of carbonyl (C=O) groups excluding carboxylic acids is 1. The predicted molar refractivity (Wildman–Crippen MR) is 173 cm³/mol. The number of nitrogens with zero attached hydrogens (tertiary/aromatic N) is 1. The molecule has 0 aromatic heterocycles. The monoisotopic (exact) mass is 578 g/mol. The fourth-order valence-corrected chi connectivity index (χ4v) is 6.50. The van der Waals surface area contributed by atoms with Gasteiger partial charge in [0.15, 0.2) is 0 Å². The predicted octanol–water partition coefficient (Wildman–Crippen LogP) is 7.92. The van der Waals surface area contributed by atoms with Gasteiger partial charge in [-0.05, 0) is 78.5 Å². The van der Waals surface area contributed by atoms with Crippen LogP contribution in [0.25, 0.3) is 0 Å². The summed E-state index contributed by atoms with van der Waals surface area (Å²) in [4.78, 5) is 27.2. The van der Waals surface area contributed by atoms with E-state index in [0.29, 0.717) is 6.54 Å². The number of carbonyl (C=O) groups is 2. The van der Waals surface area contributed by atoms with Gasteiger partial charge in [0.05, 0.1) is 12.0 Å². The average molecular weight is 579 g/mol. The third kappa shape index (κ3) is 9.24. The van der Waals surface area contributed by atoms with Gasteiger partial charge in [-0.1, -0.05) is 90.7 Å². The molecular formula is C36H54N2O4. The molecule has 42 heavy (non-hydrogen) atoms. The summed E-state index contributed by atoms with van der Waals surface area (Å²) < 4.78 is 0. The van der Waals surface area contributed by atoms with Crippen molar-refractivity contribution < 1.29 is 19.8 Å². The van der Waals surface area contributed by atoms with Crippen molar-refractivity contribution in [1.82, 2.24) is 5.32 Å². The topological polar surface area (TPSA) is 89.9 Å². The maximum absolute atomic E-state index is 12.8. The number of aliphatic carboxylic acids is 1. The van der Waals surface area contributed by atoms with Crippen molar-refractivity contribution in [2.75, 3.05) is 24.5 Å². The molecule has 6 nitrogen and oxygen atoms in total. The minimum atomic E-state index is -0.804. The van der Waals surface area contributed by atoms with Crippen molar-refractivity contribution in [2.45, 2.75) is 118 Å². The lowest BCUT2D eigenvalue weighted by atomic mass is 9.80. The first-order chi connectivity index (χ1) is 20.1. The summed E-state index contributed by atoms with van der Waals surface area (Å²) in [6, 6.07) is 6.59. The quantitative estimate of drug-likeness (QED) is 0.156.